The van der Waals surface area contributed by atoms with Gasteiger partial charge in [-0.05, 0) is 37.2 Å². The van der Waals surface area contributed by atoms with Crippen LogP contribution >= 0.6 is 11.8 Å². The number of thioether (sulfide) groups is 1. The molecule has 0 spiro atoms. The van der Waals surface area contributed by atoms with Crippen LogP contribution in [0.15, 0.2) is 59.6 Å². The number of benzene rings is 2. The standard InChI is InChI=1S/C20H20N2OS.C2H2O4/c1-21-13-15-11-12-24-20-18(15)16-9-5-6-10-17(16)22(20)19(23)14-7-3-2-4-8-14;3-1(4)2(5)6/h2-10,15,21H,11-13H2,1H3;(H,3,4)(H,5,6). The Labute approximate surface area is 177 Å². The summed E-state index contributed by atoms with van der Waals surface area (Å²) in [5, 5.41) is 20.4. The van der Waals surface area contributed by atoms with E-state index < -0.39 is 11.9 Å². The number of aromatic nitrogens is 1. The van der Waals surface area contributed by atoms with E-state index in [9.17, 15) is 4.79 Å². The molecule has 30 heavy (non-hydrogen) atoms. The monoisotopic (exact) mass is 426 g/mol. The molecule has 0 amide bonds. The van der Waals surface area contributed by atoms with Crippen LogP contribution in [0.3, 0.4) is 0 Å². The van der Waals surface area contributed by atoms with Gasteiger partial charge in [0.05, 0.1) is 10.5 Å². The van der Waals surface area contributed by atoms with Crippen LogP contribution < -0.4 is 5.32 Å². The maximum Gasteiger partial charge on any atom is 0.414 e. The second kappa shape index (κ2) is 9.60. The third-order valence-corrected chi connectivity index (χ3v) is 5.96. The largest absolute Gasteiger partial charge is 0.473 e. The first kappa shape index (κ1) is 21.6. The highest BCUT2D eigenvalue weighted by Gasteiger charge is 2.29. The van der Waals surface area contributed by atoms with E-state index in [1.165, 1.54) is 10.9 Å². The van der Waals surface area contributed by atoms with Crippen LogP contribution in [0.5, 0.6) is 0 Å². The first-order valence-corrected chi connectivity index (χ1v) is 10.4. The van der Waals surface area contributed by atoms with Crippen LogP contribution in [-0.4, -0.2) is 52.0 Å². The Morgan fingerprint density at radius 2 is 1.67 bits per heavy atom. The van der Waals surface area contributed by atoms with Gasteiger partial charge in [0, 0.05) is 29.2 Å². The molecule has 0 saturated carbocycles. The maximum atomic E-state index is 13.2. The first-order valence-electron chi connectivity index (χ1n) is 9.42. The van der Waals surface area contributed by atoms with Gasteiger partial charge in [-0.3, -0.25) is 9.36 Å². The predicted octanol–water partition coefficient (Wildman–Crippen LogP) is 3.28. The zero-order valence-electron chi connectivity index (χ0n) is 16.4. The molecule has 4 rings (SSSR count). The lowest BCUT2D eigenvalue weighted by molar-refractivity contribution is -0.159. The molecular weight excluding hydrogens is 404 g/mol. The Morgan fingerprint density at radius 1 is 1.03 bits per heavy atom. The number of hydrogen-bond donors (Lipinski definition) is 3. The number of aliphatic carboxylic acids is 2. The van der Waals surface area contributed by atoms with E-state index in [0.717, 1.165) is 34.8 Å². The number of fused-ring (bicyclic) bond motifs is 3. The quantitative estimate of drug-likeness (QED) is 0.552. The minimum Gasteiger partial charge on any atom is -0.473 e. The smallest absolute Gasteiger partial charge is 0.414 e. The summed E-state index contributed by atoms with van der Waals surface area (Å²) in [6.45, 7) is 0.946. The average molecular weight is 426 g/mol. The Balaban J connectivity index is 0.000000377. The molecule has 156 valence electrons. The number of carbonyl (C=O) groups excluding carboxylic acids is 1. The van der Waals surface area contributed by atoms with Gasteiger partial charge in [0.2, 0.25) is 0 Å². The number of para-hydroxylation sites is 1. The highest BCUT2D eigenvalue weighted by atomic mass is 32.2. The van der Waals surface area contributed by atoms with Crippen molar-refractivity contribution < 1.29 is 24.6 Å². The van der Waals surface area contributed by atoms with Gasteiger partial charge in [-0.1, -0.05) is 36.4 Å². The molecule has 0 saturated heterocycles. The van der Waals surface area contributed by atoms with Crippen LogP contribution in [0.4, 0.5) is 0 Å². The number of carboxylic acids is 2. The first-order chi connectivity index (χ1) is 14.5. The molecule has 8 heteroatoms. The van der Waals surface area contributed by atoms with E-state index in [2.05, 4.69) is 23.5 Å². The Bertz CT molecular complexity index is 1070. The van der Waals surface area contributed by atoms with Crippen molar-refractivity contribution in [3.63, 3.8) is 0 Å². The molecule has 1 atom stereocenters. The normalized spacial score (nSPS) is 15.0. The number of carboxylic acid groups (broad SMARTS) is 2. The molecule has 1 unspecified atom stereocenters. The van der Waals surface area contributed by atoms with Crippen molar-refractivity contribution in [3.05, 3.63) is 65.7 Å². The summed E-state index contributed by atoms with van der Waals surface area (Å²) in [5.74, 6) is -2.07. The van der Waals surface area contributed by atoms with Crippen LogP contribution in [-0.2, 0) is 9.59 Å². The third-order valence-electron chi connectivity index (χ3n) is 4.84. The molecule has 0 radical (unpaired) electrons. The van der Waals surface area contributed by atoms with Crippen LogP contribution in [0, 0.1) is 0 Å². The van der Waals surface area contributed by atoms with E-state index in [4.69, 9.17) is 19.8 Å². The van der Waals surface area contributed by atoms with E-state index in [-0.39, 0.29) is 5.91 Å². The van der Waals surface area contributed by atoms with E-state index in [1.807, 2.05) is 59.8 Å². The highest BCUT2D eigenvalue weighted by molar-refractivity contribution is 7.99. The summed E-state index contributed by atoms with van der Waals surface area (Å²) < 4.78 is 1.92. The van der Waals surface area contributed by atoms with Crippen molar-refractivity contribution in [2.75, 3.05) is 19.3 Å². The lowest BCUT2D eigenvalue weighted by Crippen LogP contribution is -2.21. The Kier molecular flexibility index (Phi) is 6.91. The summed E-state index contributed by atoms with van der Waals surface area (Å²) in [4.78, 5) is 31.4. The van der Waals surface area contributed by atoms with Gasteiger partial charge in [-0.25, -0.2) is 9.59 Å². The molecule has 3 aromatic rings. The Hall–Kier alpha value is -3.10. The number of nitrogens with one attached hydrogen (secondary N) is 1. The number of likely N-dealkylation sites (N-methyl/N-ethyl adjacent to an activating group) is 1. The summed E-state index contributed by atoms with van der Waals surface area (Å²) in [6.07, 6.45) is 1.14. The number of nitrogens with zero attached hydrogens (tertiary/aromatic N) is 1. The van der Waals surface area contributed by atoms with Crippen LogP contribution in [0.25, 0.3) is 10.9 Å². The molecule has 7 nitrogen and oxygen atoms in total. The Morgan fingerprint density at radius 3 is 2.30 bits per heavy atom. The van der Waals surface area contributed by atoms with E-state index >= 15 is 0 Å². The number of rotatable bonds is 3. The molecule has 2 aromatic carbocycles. The van der Waals surface area contributed by atoms with Gasteiger partial charge in [0.1, 0.15) is 0 Å². The predicted molar refractivity (Wildman–Crippen MR) is 115 cm³/mol. The van der Waals surface area contributed by atoms with Crippen molar-refractivity contribution in [1.82, 2.24) is 9.88 Å². The fourth-order valence-electron chi connectivity index (χ4n) is 3.58. The van der Waals surface area contributed by atoms with Crippen molar-refractivity contribution in [2.24, 2.45) is 0 Å². The third kappa shape index (κ3) is 4.39. The minimum absolute atomic E-state index is 0.0608. The van der Waals surface area contributed by atoms with Crippen molar-refractivity contribution in [2.45, 2.75) is 17.4 Å². The molecule has 1 aliphatic rings. The zero-order chi connectivity index (χ0) is 21.7. The van der Waals surface area contributed by atoms with Crippen molar-refractivity contribution in [3.8, 4) is 0 Å². The molecule has 1 aromatic heterocycles. The topological polar surface area (TPSA) is 109 Å². The minimum atomic E-state index is -1.82. The SMILES string of the molecule is CNCC1CCSc2c1c1ccccc1n2C(=O)c1ccccc1.O=C(O)C(=O)O. The molecule has 2 heterocycles. The van der Waals surface area contributed by atoms with E-state index in [0.29, 0.717) is 5.92 Å². The molecule has 0 fully saturated rings. The lowest BCUT2D eigenvalue weighted by Gasteiger charge is -2.23. The van der Waals surface area contributed by atoms with Gasteiger partial charge < -0.3 is 15.5 Å². The second-order valence-electron chi connectivity index (χ2n) is 6.74. The second-order valence-corrected chi connectivity index (χ2v) is 7.83. The van der Waals surface area contributed by atoms with Gasteiger partial charge in [-0.2, -0.15) is 0 Å². The maximum absolute atomic E-state index is 13.2. The molecule has 0 bridgehead atoms. The highest BCUT2D eigenvalue weighted by Crippen LogP contribution is 2.43. The van der Waals surface area contributed by atoms with E-state index in [1.54, 1.807) is 0 Å². The fourth-order valence-corrected chi connectivity index (χ4v) is 4.92. The van der Waals surface area contributed by atoms with Crippen molar-refractivity contribution in [1.29, 1.82) is 0 Å². The summed E-state index contributed by atoms with van der Waals surface area (Å²) in [6, 6.07) is 17.9. The van der Waals surface area contributed by atoms with Gasteiger partial charge in [0.15, 0.2) is 0 Å². The number of carbonyl (C=O) groups is 3. The molecule has 0 aliphatic carbocycles. The summed E-state index contributed by atoms with van der Waals surface area (Å²) >= 11 is 1.81. The zero-order valence-corrected chi connectivity index (χ0v) is 17.2. The summed E-state index contributed by atoms with van der Waals surface area (Å²) in [5.41, 5.74) is 3.09. The molecular formula is C22H22N2O5S. The van der Waals surface area contributed by atoms with Crippen molar-refractivity contribution >= 4 is 40.5 Å². The average Bonchev–Trinajstić information content (AvgIpc) is 3.10. The number of hydrogen-bond acceptors (Lipinski definition) is 5. The molecule has 3 N–H and O–H groups in total. The fraction of sp³-hybridized carbons (Fsp3) is 0.227. The lowest BCUT2D eigenvalue weighted by atomic mass is 9.95. The van der Waals surface area contributed by atoms with Gasteiger partial charge in [-0.15, -0.1) is 11.8 Å². The van der Waals surface area contributed by atoms with Gasteiger partial charge in [0.25, 0.3) is 5.91 Å². The summed E-state index contributed by atoms with van der Waals surface area (Å²) in [7, 11) is 2.00. The van der Waals surface area contributed by atoms with Crippen LogP contribution in [0.1, 0.15) is 28.3 Å². The van der Waals surface area contributed by atoms with Crippen LogP contribution in [0.2, 0.25) is 0 Å². The van der Waals surface area contributed by atoms with Gasteiger partial charge >= 0.3 is 11.9 Å². The molecule has 1 aliphatic heterocycles.